The van der Waals surface area contributed by atoms with Crippen LogP contribution in [0.2, 0.25) is 5.02 Å². The van der Waals surface area contributed by atoms with Crippen molar-refractivity contribution >= 4 is 63.5 Å². The number of amides is 1. The Morgan fingerprint density at radius 3 is 2.47 bits per heavy atom. The molecule has 4 rings (SSSR count). The molecule has 0 spiro atoms. The Balaban J connectivity index is 1.69. The van der Waals surface area contributed by atoms with Crippen molar-refractivity contribution in [3.63, 3.8) is 0 Å². The van der Waals surface area contributed by atoms with E-state index in [9.17, 15) is 9.59 Å². The topological polar surface area (TPSA) is 51.5 Å². The first-order chi connectivity index (χ1) is 15.3. The molecule has 1 aliphatic heterocycles. The first-order valence-corrected chi connectivity index (χ1v) is 11.3. The van der Waals surface area contributed by atoms with Gasteiger partial charge in [-0.3, -0.25) is 9.69 Å². The molecule has 0 unspecified atom stereocenters. The SMILES string of the molecule is COC(=O)c1ccc(-n2c(C)cc(/C=C3/SC(=S)N(c4ccccc4)C3=O)c2C)cc1Cl. The summed E-state index contributed by atoms with van der Waals surface area (Å²) in [5.74, 6) is -0.620. The molecule has 1 amide bonds. The van der Waals surface area contributed by atoms with Gasteiger partial charge in [0.05, 0.1) is 28.3 Å². The zero-order valence-corrected chi connectivity index (χ0v) is 20.0. The van der Waals surface area contributed by atoms with Crippen molar-refractivity contribution in [3.05, 3.63) is 87.0 Å². The summed E-state index contributed by atoms with van der Waals surface area (Å²) in [7, 11) is 1.32. The largest absolute Gasteiger partial charge is 0.465 e. The zero-order valence-electron chi connectivity index (χ0n) is 17.6. The number of carbonyl (C=O) groups excluding carboxylic acids is 2. The molecule has 0 radical (unpaired) electrons. The van der Waals surface area contributed by atoms with Gasteiger partial charge in [-0.1, -0.05) is 53.8 Å². The standard InChI is InChI=1S/C24H19ClN2O3S2/c1-14-11-16(12-21-22(28)27(24(31)32-21)17-7-5-4-6-8-17)15(2)26(14)18-9-10-19(20(25)13-18)23(29)30-3/h4-13H,1-3H3/b21-12+. The molecule has 5 nitrogen and oxygen atoms in total. The second-order valence-electron chi connectivity index (χ2n) is 7.17. The fourth-order valence-corrected chi connectivity index (χ4v) is 5.20. The van der Waals surface area contributed by atoms with Crippen LogP contribution >= 0.6 is 35.6 Å². The van der Waals surface area contributed by atoms with Gasteiger partial charge in [0.2, 0.25) is 0 Å². The van der Waals surface area contributed by atoms with Gasteiger partial charge >= 0.3 is 5.97 Å². The Morgan fingerprint density at radius 1 is 1.09 bits per heavy atom. The maximum Gasteiger partial charge on any atom is 0.339 e. The lowest BCUT2D eigenvalue weighted by molar-refractivity contribution is -0.113. The minimum Gasteiger partial charge on any atom is -0.465 e. The summed E-state index contributed by atoms with van der Waals surface area (Å²) in [4.78, 5) is 27.0. The van der Waals surface area contributed by atoms with Gasteiger partial charge in [-0.05, 0) is 61.9 Å². The van der Waals surface area contributed by atoms with Gasteiger partial charge in [-0.25, -0.2) is 4.79 Å². The van der Waals surface area contributed by atoms with Crippen LogP contribution in [0, 0.1) is 13.8 Å². The van der Waals surface area contributed by atoms with Crippen LogP contribution in [-0.4, -0.2) is 27.9 Å². The molecule has 3 aromatic rings. The Labute approximate surface area is 200 Å². The van der Waals surface area contributed by atoms with E-state index >= 15 is 0 Å². The number of halogens is 1. The zero-order chi connectivity index (χ0) is 23.0. The minimum atomic E-state index is -0.483. The summed E-state index contributed by atoms with van der Waals surface area (Å²) in [5.41, 5.74) is 4.69. The number of hydrogen-bond donors (Lipinski definition) is 0. The molecule has 0 saturated carbocycles. The number of nitrogens with zero attached hydrogens (tertiary/aromatic N) is 2. The number of thioether (sulfide) groups is 1. The fourth-order valence-electron chi connectivity index (χ4n) is 3.66. The van der Waals surface area contributed by atoms with E-state index in [1.54, 1.807) is 17.0 Å². The number of thiocarbonyl (C=S) groups is 1. The number of aromatic nitrogens is 1. The third-order valence-electron chi connectivity index (χ3n) is 5.18. The van der Waals surface area contributed by atoms with Crippen molar-refractivity contribution in [1.82, 2.24) is 4.57 Å². The van der Waals surface area contributed by atoms with Crippen LogP contribution in [0.3, 0.4) is 0 Å². The minimum absolute atomic E-state index is 0.138. The lowest BCUT2D eigenvalue weighted by Crippen LogP contribution is -2.27. The normalized spacial score (nSPS) is 15.0. The molecule has 1 aliphatic rings. The molecule has 1 fully saturated rings. The van der Waals surface area contributed by atoms with Gasteiger partial charge in [0.15, 0.2) is 4.32 Å². The summed E-state index contributed by atoms with van der Waals surface area (Å²) in [5, 5.41) is 0.312. The number of para-hydroxylation sites is 1. The molecule has 0 N–H and O–H groups in total. The molecule has 32 heavy (non-hydrogen) atoms. The molecule has 8 heteroatoms. The number of aryl methyl sites for hydroxylation is 1. The van der Waals surface area contributed by atoms with Crippen molar-refractivity contribution < 1.29 is 14.3 Å². The Kier molecular flexibility index (Phi) is 6.24. The highest BCUT2D eigenvalue weighted by Crippen LogP contribution is 2.37. The Morgan fingerprint density at radius 2 is 1.81 bits per heavy atom. The number of carbonyl (C=O) groups is 2. The number of benzene rings is 2. The Hall–Kier alpha value is -2.87. The molecule has 0 bridgehead atoms. The van der Waals surface area contributed by atoms with Gasteiger partial charge in [-0.15, -0.1) is 0 Å². The maximum atomic E-state index is 13.0. The molecular weight excluding hydrogens is 464 g/mol. The summed E-state index contributed by atoms with van der Waals surface area (Å²) >= 11 is 13.1. The van der Waals surface area contributed by atoms with Crippen LogP contribution in [0.1, 0.15) is 27.3 Å². The molecule has 0 aliphatic carbocycles. The van der Waals surface area contributed by atoms with Gasteiger partial charge < -0.3 is 9.30 Å². The van der Waals surface area contributed by atoms with Crippen LogP contribution in [0.15, 0.2) is 59.5 Å². The maximum absolute atomic E-state index is 13.0. The fraction of sp³-hybridized carbons (Fsp3) is 0.125. The first kappa shape index (κ1) is 22.3. The quantitative estimate of drug-likeness (QED) is 0.261. The summed E-state index contributed by atoms with van der Waals surface area (Å²) < 4.78 is 7.29. The van der Waals surface area contributed by atoms with E-state index in [0.29, 0.717) is 19.8 Å². The average Bonchev–Trinajstić information content (AvgIpc) is 3.22. The van der Waals surface area contributed by atoms with Crippen molar-refractivity contribution in [2.45, 2.75) is 13.8 Å². The first-order valence-electron chi connectivity index (χ1n) is 9.72. The van der Waals surface area contributed by atoms with Crippen molar-refractivity contribution in [2.75, 3.05) is 12.0 Å². The predicted molar refractivity (Wildman–Crippen MR) is 134 cm³/mol. The summed E-state index contributed by atoms with van der Waals surface area (Å²) in [6.07, 6.45) is 1.87. The number of rotatable bonds is 4. The number of esters is 1. The summed E-state index contributed by atoms with van der Waals surface area (Å²) in [6.45, 7) is 3.94. The van der Waals surface area contributed by atoms with Gasteiger partial charge in [0.25, 0.3) is 5.91 Å². The lowest BCUT2D eigenvalue weighted by atomic mass is 10.2. The van der Waals surface area contributed by atoms with Crippen LogP contribution in [0.5, 0.6) is 0 Å². The smallest absolute Gasteiger partial charge is 0.339 e. The van der Waals surface area contributed by atoms with Crippen LogP contribution in [0.4, 0.5) is 5.69 Å². The van der Waals surface area contributed by atoms with Gasteiger partial charge in [-0.2, -0.15) is 0 Å². The molecule has 2 heterocycles. The molecule has 1 aromatic heterocycles. The van der Waals surface area contributed by atoms with Crippen LogP contribution < -0.4 is 4.90 Å². The third-order valence-corrected chi connectivity index (χ3v) is 6.80. The lowest BCUT2D eigenvalue weighted by Gasteiger charge is -2.13. The van der Waals surface area contributed by atoms with E-state index in [4.69, 9.17) is 28.6 Å². The van der Waals surface area contributed by atoms with Crippen LogP contribution in [0.25, 0.3) is 11.8 Å². The van der Waals surface area contributed by atoms with E-state index in [1.165, 1.54) is 18.9 Å². The predicted octanol–water partition coefficient (Wildman–Crippen LogP) is 5.94. The van der Waals surface area contributed by atoms with Gasteiger partial charge in [0, 0.05) is 17.1 Å². The number of ether oxygens (including phenoxy) is 1. The second kappa shape index (κ2) is 8.94. The van der Waals surface area contributed by atoms with Crippen molar-refractivity contribution in [2.24, 2.45) is 0 Å². The van der Waals surface area contributed by atoms with E-state index in [0.717, 1.165) is 28.3 Å². The number of hydrogen-bond acceptors (Lipinski definition) is 5. The molecular formula is C24H19ClN2O3S2. The molecule has 0 atom stereocenters. The summed E-state index contributed by atoms with van der Waals surface area (Å²) in [6, 6.07) is 16.6. The molecule has 1 saturated heterocycles. The van der Waals surface area contributed by atoms with Crippen molar-refractivity contribution in [1.29, 1.82) is 0 Å². The molecule has 162 valence electrons. The van der Waals surface area contributed by atoms with E-state index in [2.05, 4.69) is 0 Å². The highest BCUT2D eigenvalue weighted by atomic mass is 35.5. The highest BCUT2D eigenvalue weighted by molar-refractivity contribution is 8.27. The molecule has 2 aromatic carbocycles. The number of anilines is 1. The average molecular weight is 483 g/mol. The highest BCUT2D eigenvalue weighted by Gasteiger charge is 2.33. The van der Waals surface area contributed by atoms with Gasteiger partial charge in [0.1, 0.15) is 0 Å². The van der Waals surface area contributed by atoms with Crippen LogP contribution in [-0.2, 0) is 9.53 Å². The van der Waals surface area contributed by atoms with E-state index < -0.39 is 5.97 Å². The van der Waals surface area contributed by atoms with E-state index in [-0.39, 0.29) is 5.91 Å². The third kappa shape index (κ3) is 3.99. The van der Waals surface area contributed by atoms with E-state index in [1.807, 2.05) is 67.0 Å². The van der Waals surface area contributed by atoms with Crippen molar-refractivity contribution in [3.8, 4) is 5.69 Å². The number of methoxy groups -OCH3 is 1. The monoisotopic (exact) mass is 482 g/mol. The second-order valence-corrected chi connectivity index (χ2v) is 9.25. The Bertz CT molecular complexity index is 1280.